The highest BCUT2D eigenvalue weighted by Gasteiger charge is 2.11. The lowest BCUT2D eigenvalue weighted by Gasteiger charge is -2.19. The second-order valence-electron chi connectivity index (χ2n) is 6.31. The zero-order valence-electron chi connectivity index (χ0n) is 14.4. The Bertz CT molecular complexity index is 727. The molecule has 0 aliphatic carbocycles. The Kier molecular flexibility index (Phi) is 6.22. The summed E-state index contributed by atoms with van der Waals surface area (Å²) in [7, 11) is 0. The van der Waals surface area contributed by atoms with E-state index in [0.717, 1.165) is 0 Å². The van der Waals surface area contributed by atoms with Crippen LogP contribution in [-0.4, -0.2) is 34.8 Å². The van der Waals surface area contributed by atoms with Crippen molar-refractivity contribution in [1.29, 1.82) is 0 Å². The van der Waals surface area contributed by atoms with E-state index in [9.17, 15) is 9.90 Å². The molecule has 1 aromatic heterocycles. The molecule has 1 amide bonds. The highest BCUT2D eigenvalue weighted by Crippen LogP contribution is 2.27. The van der Waals surface area contributed by atoms with E-state index in [1.165, 1.54) is 24.4 Å². The highest BCUT2D eigenvalue weighted by atomic mass is 35.5. The Labute approximate surface area is 151 Å². The molecule has 2 aromatic rings. The van der Waals surface area contributed by atoms with Gasteiger partial charge in [0, 0.05) is 17.3 Å². The summed E-state index contributed by atoms with van der Waals surface area (Å²) in [6.07, 6.45) is 1.40. The molecule has 1 heterocycles. The summed E-state index contributed by atoms with van der Waals surface area (Å²) < 4.78 is 11.0. The third-order valence-electron chi connectivity index (χ3n) is 3.07. The Morgan fingerprint density at radius 1 is 1.24 bits per heavy atom. The van der Waals surface area contributed by atoms with Gasteiger partial charge in [-0.15, -0.1) is 0 Å². The molecule has 0 aliphatic rings. The van der Waals surface area contributed by atoms with Gasteiger partial charge in [-0.1, -0.05) is 11.6 Å². The summed E-state index contributed by atoms with van der Waals surface area (Å²) in [6.45, 7) is 6.72. The van der Waals surface area contributed by atoms with Crippen molar-refractivity contribution in [3.05, 3.63) is 47.1 Å². The summed E-state index contributed by atoms with van der Waals surface area (Å²) >= 11 is 5.85. The van der Waals surface area contributed by atoms with Gasteiger partial charge >= 0.3 is 0 Å². The maximum Gasteiger partial charge on any atom is 0.257 e. The third kappa shape index (κ3) is 6.25. The fourth-order valence-electron chi connectivity index (χ4n) is 1.90. The first-order chi connectivity index (χ1) is 11.7. The Morgan fingerprint density at radius 2 is 2.00 bits per heavy atom. The lowest BCUT2D eigenvalue weighted by atomic mass is 10.2. The first kappa shape index (κ1) is 19.0. The maximum atomic E-state index is 12.2. The van der Waals surface area contributed by atoms with Crippen molar-refractivity contribution in [2.75, 3.05) is 18.5 Å². The number of carbonyl (C=O) groups excluding carboxylic acids is 1. The van der Waals surface area contributed by atoms with Crippen molar-refractivity contribution in [3.63, 3.8) is 0 Å². The minimum atomic E-state index is -0.410. The van der Waals surface area contributed by atoms with Gasteiger partial charge in [0.05, 0.1) is 23.5 Å². The lowest BCUT2D eigenvalue weighted by Crippen LogP contribution is -2.22. The predicted molar refractivity (Wildman–Crippen MR) is 96.5 cm³/mol. The van der Waals surface area contributed by atoms with Crippen LogP contribution in [0.5, 0.6) is 11.6 Å². The van der Waals surface area contributed by atoms with Crippen LogP contribution in [0.2, 0.25) is 5.02 Å². The first-order valence-electron chi connectivity index (χ1n) is 7.77. The molecule has 7 heteroatoms. The number of pyridine rings is 1. The fraction of sp³-hybridized carbons (Fsp3) is 0.333. The van der Waals surface area contributed by atoms with Gasteiger partial charge in [0.2, 0.25) is 5.88 Å². The summed E-state index contributed by atoms with van der Waals surface area (Å²) in [4.78, 5) is 16.3. The second-order valence-corrected chi connectivity index (χ2v) is 6.75. The topological polar surface area (TPSA) is 80.7 Å². The van der Waals surface area contributed by atoms with Crippen LogP contribution in [0.15, 0.2) is 36.5 Å². The minimum Gasteiger partial charge on any atom is -0.506 e. The largest absolute Gasteiger partial charge is 0.506 e. The maximum absolute atomic E-state index is 12.2. The van der Waals surface area contributed by atoms with Crippen LogP contribution >= 0.6 is 11.6 Å². The molecule has 0 fully saturated rings. The van der Waals surface area contributed by atoms with Gasteiger partial charge in [0.15, 0.2) is 0 Å². The molecule has 2 N–H and O–H groups in total. The number of nitrogens with one attached hydrogen (secondary N) is 1. The number of rotatable bonds is 6. The molecule has 6 nitrogen and oxygen atoms in total. The summed E-state index contributed by atoms with van der Waals surface area (Å²) in [5, 5.41) is 12.7. The molecule has 0 radical (unpaired) electrons. The molecule has 2 rings (SSSR count). The van der Waals surface area contributed by atoms with Crippen molar-refractivity contribution in [3.8, 4) is 11.6 Å². The number of aromatic hydroxyl groups is 1. The number of benzene rings is 1. The standard InChI is InChI=1S/C18H21ClN2O4/c1-18(2,3)25-9-8-24-16-7-4-12(11-20-16)17(23)21-14-10-13(19)5-6-15(14)22/h4-7,10-11,22H,8-9H2,1-3H3,(H,21,23). The number of aromatic nitrogens is 1. The van der Waals surface area contributed by atoms with Gasteiger partial charge in [-0.25, -0.2) is 4.98 Å². The van der Waals surface area contributed by atoms with Crippen LogP contribution in [0.4, 0.5) is 5.69 Å². The lowest BCUT2D eigenvalue weighted by molar-refractivity contribution is -0.0168. The van der Waals surface area contributed by atoms with Crippen molar-refractivity contribution in [2.24, 2.45) is 0 Å². The number of carbonyl (C=O) groups is 1. The molecule has 0 saturated carbocycles. The number of amides is 1. The molecule has 0 aliphatic heterocycles. The molecule has 25 heavy (non-hydrogen) atoms. The van der Waals surface area contributed by atoms with Crippen molar-refractivity contribution in [2.45, 2.75) is 26.4 Å². The first-order valence-corrected chi connectivity index (χ1v) is 8.15. The van der Waals surface area contributed by atoms with Gasteiger partial charge in [-0.3, -0.25) is 4.79 Å². The van der Waals surface area contributed by atoms with Crippen molar-refractivity contribution in [1.82, 2.24) is 4.98 Å². The number of nitrogens with zero attached hydrogens (tertiary/aromatic N) is 1. The molecule has 0 unspecified atom stereocenters. The summed E-state index contributed by atoms with van der Waals surface area (Å²) in [5.74, 6) is -0.0724. The van der Waals surface area contributed by atoms with E-state index in [0.29, 0.717) is 29.7 Å². The Hall–Kier alpha value is -2.31. The van der Waals surface area contributed by atoms with Crippen LogP contribution in [0.1, 0.15) is 31.1 Å². The number of ether oxygens (including phenoxy) is 2. The van der Waals surface area contributed by atoms with E-state index in [2.05, 4.69) is 10.3 Å². The molecule has 134 valence electrons. The summed E-state index contributed by atoms with van der Waals surface area (Å²) in [6, 6.07) is 7.60. The number of anilines is 1. The van der Waals surface area contributed by atoms with Crippen LogP contribution in [0.3, 0.4) is 0 Å². The number of halogens is 1. The smallest absolute Gasteiger partial charge is 0.257 e. The van der Waals surface area contributed by atoms with Crippen LogP contribution in [0.25, 0.3) is 0 Å². The normalized spacial score (nSPS) is 11.2. The van der Waals surface area contributed by atoms with Crippen molar-refractivity contribution < 1.29 is 19.4 Å². The minimum absolute atomic E-state index is 0.0653. The van der Waals surface area contributed by atoms with E-state index >= 15 is 0 Å². The highest BCUT2D eigenvalue weighted by molar-refractivity contribution is 6.31. The van der Waals surface area contributed by atoms with Gasteiger partial charge in [0.1, 0.15) is 12.4 Å². The van der Waals surface area contributed by atoms with Crippen molar-refractivity contribution >= 4 is 23.2 Å². The van der Waals surface area contributed by atoms with E-state index in [-0.39, 0.29) is 17.0 Å². The molecule has 0 atom stereocenters. The SMILES string of the molecule is CC(C)(C)OCCOc1ccc(C(=O)Nc2cc(Cl)ccc2O)cn1. The molecule has 0 bridgehead atoms. The van der Waals surface area contributed by atoms with Crippen LogP contribution in [0, 0.1) is 0 Å². The fourth-order valence-corrected chi connectivity index (χ4v) is 2.07. The molecular formula is C18H21ClN2O4. The van der Waals surface area contributed by atoms with Crippen LogP contribution < -0.4 is 10.1 Å². The Morgan fingerprint density at radius 3 is 2.64 bits per heavy atom. The average molecular weight is 365 g/mol. The van der Waals surface area contributed by atoms with Gasteiger partial charge in [-0.2, -0.15) is 0 Å². The average Bonchev–Trinajstić information content (AvgIpc) is 2.54. The zero-order chi connectivity index (χ0) is 18.4. The third-order valence-corrected chi connectivity index (χ3v) is 3.31. The molecular weight excluding hydrogens is 344 g/mol. The number of hydrogen-bond acceptors (Lipinski definition) is 5. The number of phenolic OH excluding ortho intramolecular Hbond substituents is 1. The quantitative estimate of drug-likeness (QED) is 0.600. The van der Waals surface area contributed by atoms with Crippen LogP contribution in [-0.2, 0) is 4.74 Å². The van der Waals surface area contributed by atoms with Gasteiger partial charge in [0.25, 0.3) is 5.91 Å². The number of phenols is 1. The second kappa shape index (κ2) is 8.18. The zero-order valence-corrected chi connectivity index (χ0v) is 15.1. The van der Waals surface area contributed by atoms with E-state index in [4.69, 9.17) is 21.1 Å². The van der Waals surface area contributed by atoms with E-state index in [1.807, 2.05) is 20.8 Å². The van der Waals surface area contributed by atoms with Gasteiger partial charge < -0.3 is 19.9 Å². The summed E-state index contributed by atoms with van der Waals surface area (Å²) in [5.41, 5.74) is 0.347. The molecule has 0 saturated heterocycles. The number of hydrogen-bond donors (Lipinski definition) is 2. The monoisotopic (exact) mass is 364 g/mol. The predicted octanol–water partition coefficient (Wildman–Crippen LogP) is 3.89. The van der Waals surface area contributed by atoms with E-state index in [1.54, 1.807) is 12.1 Å². The molecule has 1 aromatic carbocycles. The van der Waals surface area contributed by atoms with E-state index < -0.39 is 5.91 Å². The Balaban J connectivity index is 1.90. The molecule has 0 spiro atoms. The van der Waals surface area contributed by atoms with Gasteiger partial charge in [-0.05, 0) is 45.0 Å².